The lowest BCUT2D eigenvalue weighted by molar-refractivity contribution is 0.325. The molecule has 0 radical (unpaired) electrons. The molecule has 3 heteroatoms. The van der Waals surface area contributed by atoms with Crippen LogP contribution in [-0.4, -0.2) is 0 Å². The molecule has 1 aromatic heterocycles. The normalized spacial score (nSPS) is 34.6. The molecule has 4 atom stereocenters. The first kappa shape index (κ1) is 11.6. The highest BCUT2D eigenvalue weighted by atomic mass is 79.9. The van der Waals surface area contributed by atoms with Gasteiger partial charge >= 0.3 is 0 Å². The molecule has 0 spiro atoms. The standard InChI is InChI=1S/C13H16BrClS/c1-7-4-11(14)13(16-7)12(15)10-6-8-2-3-9(10)5-8/h4,8-10,12H,2-3,5-6H2,1H3. The quantitative estimate of drug-likeness (QED) is 0.628. The minimum absolute atomic E-state index is 0.239. The van der Waals surface area contributed by atoms with Crippen LogP contribution < -0.4 is 0 Å². The zero-order valence-corrected chi connectivity index (χ0v) is 12.5. The molecule has 2 aliphatic rings. The molecule has 2 saturated carbocycles. The van der Waals surface area contributed by atoms with E-state index in [0.717, 1.165) is 17.8 Å². The monoisotopic (exact) mass is 318 g/mol. The first-order valence-corrected chi connectivity index (χ1v) is 8.09. The van der Waals surface area contributed by atoms with Crippen molar-refractivity contribution in [2.75, 3.05) is 0 Å². The highest BCUT2D eigenvalue weighted by molar-refractivity contribution is 9.10. The number of thiophene rings is 1. The third-order valence-corrected chi connectivity index (χ3v) is 6.98. The van der Waals surface area contributed by atoms with E-state index in [2.05, 4.69) is 28.9 Å². The van der Waals surface area contributed by atoms with E-state index in [1.165, 1.54) is 39.9 Å². The van der Waals surface area contributed by atoms with Gasteiger partial charge in [0, 0.05) is 14.2 Å². The second kappa shape index (κ2) is 4.29. The summed E-state index contributed by atoms with van der Waals surface area (Å²) in [5.74, 6) is 2.62. The van der Waals surface area contributed by atoms with Crippen LogP contribution >= 0.6 is 38.9 Å². The number of alkyl halides is 1. The van der Waals surface area contributed by atoms with Crippen molar-refractivity contribution in [2.45, 2.75) is 38.0 Å². The maximum absolute atomic E-state index is 6.71. The minimum atomic E-state index is 0.239. The maximum atomic E-state index is 6.71. The summed E-state index contributed by atoms with van der Waals surface area (Å²) in [4.78, 5) is 2.72. The summed E-state index contributed by atoms with van der Waals surface area (Å²) < 4.78 is 1.22. The first-order valence-electron chi connectivity index (χ1n) is 6.05. The average Bonchev–Trinajstić information content (AvgIpc) is 2.91. The molecule has 3 rings (SSSR count). The number of rotatable bonds is 2. The Hall–Kier alpha value is 0.470. The van der Waals surface area contributed by atoms with E-state index in [0.29, 0.717) is 0 Å². The molecular weight excluding hydrogens is 304 g/mol. The molecule has 0 N–H and O–H groups in total. The van der Waals surface area contributed by atoms with E-state index in [1.54, 1.807) is 0 Å². The summed E-state index contributed by atoms with van der Waals surface area (Å²) in [6.45, 7) is 2.16. The molecule has 0 nitrogen and oxygen atoms in total. The van der Waals surface area contributed by atoms with Crippen molar-refractivity contribution in [2.24, 2.45) is 17.8 Å². The Bertz CT molecular complexity index is 401. The van der Waals surface area contributed by atoms with Crippen molar-refractivity contribution in [1.29, 1.82) is 0 Å². The topological polar surface area (TPSA) is 0 Å². The van der Waals surface area contributed by atoms with Crippen LogP contribution in [0.5, 0.6) is 0 Å². The summed E-state index contributed by atoms with van der Waals surface area (Å²) in [5, 5.41) is 0.239. The summed E-state index contributed by atoms with van der Waals surface area (Å²) in [7, 11) is 0. The Labute approximate surface area is 115 Å². The van der Waals surface area contributed by atoms with E-state index in [9.17, 15) is 0 Å². The van der Waals surface area contributed by atoms with E-state index in [1.807, 2.05) is 11.3 Å². The Kier molecular flexibility index (Phi) is 3.10. The molecule has 0 aromatic carbocycles. The lowest BCUT2D eigenvalue weighted by atomic mass is 9.86. The second-order valence-electron chi connectivity index (χ2n) is 5.31. The minimum Gasteiger partial charge on any atom is -0.143 e. The molecule has 4 unspecified atom stereocenters. The van der Waals surface area contributed by atoms with Crippen molar-refractivity contribution in [3.63, 3.8) is 0 Å². The Balaban J connectivity index is 1.82. The Morgan fingerprint density at radius 1 is 1.44 bits per heavy atom. The SMILES string of the molecule is Cc1cc(Br)c(C(Cl)C2CC3CCC2C3)s1. The van der Waals surface area contributed by atoms with Gasteiger partial charge in [0.1, 0.15) is 0 Å². The van der Waals surface area contributed by atoms with Crippen molar-refractivity contribution >= 4 is 38.9 Å². The zero-order valence-electron chi connectivity index (χ0n) is 9.38. The molecular formula is C13H16BrClS. The van der Waals surface area contributed by atoms with Gasteiger partial charge in [-0.05, 0) is 65.9 Å². The van der Waals surface area contributed by atoms with Crippen molar-refractivity contribution in [3.05, 3.63) is 20.3 Å². The lowest BCUT2D eigenvalue weighted by Gasteiger charge is -2.25. The molecule has 2 fully saturated rings. The van der Waals surface area contributed by atoms with Crippen LogP contribution in [0.25, 0.3) is 0 Å². The summed E-state index contributed by atoms with van der Waals surface area (Å²) >= 11 is 12.2. The average molecular weight is 320 g/mol. The summed E-state index contributed by atoms with van der Waals surface area (Å²) in [5.41, 5.74) is 0. The predicted molar refractivity (Wildman–Crippen MR) is 74.3 cm³/mol. The maximum Gasteiger partial charge on any atom is 0.0720 e. The van der Waals surface area contributed by atoms with Crippen molar-refractivity contribution < 1.29 is 0 Å². The van der Waals surface area contributed by atoms with Gasteiger partial charge in [-0.15, -0.1) is 22.9 Å². The van der Waals surface area contributed by atoms with Gasteiger partial charge in [-0.1, -0.05) is 6.42 Å². The number of aryl methyl sites for hydroxylation is 1. The van der Waals surface area contributed by atoms with Gasteiger partial charge in [0.15, 0.2) is 0 Å². The molecule has 1 aromatic rings. The molecule has 0 amide bonds. The number of halogens is 2. The van der Waals surface area contributed by atoms with E-state index < -0.39 is 0 Å². The van der Waals surface area contributed by atoms with Crippen LogP contribution in [0.1, 0.15) is 40.8 Å². The highest BCUT2D eigenvalue weighted by Crippen LogP contribution is 2.55. The molecule has 16 heavy (non-hydrogen) atoms. The number of fused-ring (bicyclic) bond motifs is 2. The number of hydrogen-bond donors (Lipinski definition) is 0. The third kappa shape index (κ3) is 1.87. The zero-order chi connectivity index (χ0) is 11.3. The molecule has 2 bridgehead atoms. The fraction of sp³-hybridized carbons (Fsp3) is 0.692. The highest BCUT2D eigenvalue weighted by Gasteiger charge is 2.43. The van der Waals surface area contributed by atoms with Gasteiger partial charge in [-0.3, -0.25) is 0 Å². The second-order valence-corrected chi connectivity index (χ2v) is 7.92. The van der Waals surface area contributed by atoms with E-state index in [-0.39, 0.29) is 5.38 Å². The summed E-state index contributed by atoms with van der Waals surface area (Å²) in [6.07, 6.45) is 5.67. The molecule has 88 valence electrons. The largest absolute Gasteiger partial charge is 0.143 e. The molecule has 0 saturated heterocycles. The van der Waals surface area contributed by atoms with Gasteiger partial charge in [-0.2, -0.15) is 0 Å². The fourth-order valence-corrected chi connectivity index (χ4v) is 6.18. The van der Waals surface area contributed by atoms with Crippen LogP contribution in [0, 0.1) is 24.7 Å². The van der Waals surface area contributed by atoms with Crippen LogP contribution in [0.4, 0.5) is 0 Å². The molecule has 0 aliphatic heterocycles. The summed E-state index contributed by atoms with van der Waals surface area (Å²) in [6, 6.07) is 2.20. The van der Waals surface area contributed by atoms with Crippen LogP contribution in [0.2, 0.25) is 0 Å². The van der Waals surface area contributed by atoms with Gasteiger partial charge < -0.3 is 0 Å². The van der Waals surface area contributed by atoms with Crippen LogP contribution in [-0.2, 0) is 0 Å². The fourth-order valence-electron chi connectivity index (χ4n) is 3.54. The molecule has 2 aliphatic carbocycles. The third-order valence-electron chi connectivity index (χ3n) is 4.26. The lowest BCUT2D eigenvalue weighted by Crippen LogP contribution is -2.15. The smallest absolute Gasteiger partial charge is 0.0720 e. The first-order chi connectivity index (χ1) is 7.65. The van der Waals surface area contributed by atoms with Crippen LogP contribution in [0.15, 0.2) is 10.5 Å². The van der Waals surface area contributed by atoms with Gasteiger partial charge in [-0.25, -0.2) is 0 Å². The van der Waals surface area contributed by atoms with Crippen molar-refractivity contribution in [3.8, 4) is 0 Å². The van der Waals surface area contributed by atoms with Crippen molar-refractivity contribution in [1.82, 2.24) is 0 Å². The molecule has 1 heterocycles. The Morgan fingerprint density at radius 3 is 2.75 bits per heavy atom. The van der Waals surface area contributed by atoms with Gasteiger partial charge in [0.05, 0.1) is 5.38 Å². The van der Waals surface area contributed by atoms with Gasteiger partial charge in [0.25, 0.3) is 0 Å². The predicted octanol–water partition coefficient (Wildman–Crippen LogP) is 5.54. The van der Waals surface area contributed by atoms with E-state index in [4.69, 9.17) is 11.6 Å². The van der Waals surface area contributed by atoms with Crippen LogP contribution in [0.3, 0.4) is 0 Å². The Morgan fingerprint density at radius 2 is 2.25 bits per heavy atom. The van der Waals surface area contributed by atoms with Gasteiger partial charge in [0.2, 0.25) is 0 Å². The number of hydrogen-bond acceptors (Lipinski definition) is 1. The van der Waals surface area contributed by atoms with E-state index >= 15 is 0 Å².